The number of hydrogen-bond acceptors (Lipinski definition) is 4. The van der Waals surface area contributed by atoms with E-state index in [4.69, 9.17) is 4.42 Å². The Morgan fingerprint density at radius 3 is 2.18 bits per heavy atom. The van der Waals surface area contributed by atoms with Gasteiger partial charge in [0.15, 0.2) is 0 Å². The SMILES string of the molecule is CCC(C)C(Nc1ccc(C)cc1)c1ccc(-c2nnc(C(F)(F)F)o2)cc1. The average molecular weight is 389 g/mol. The van der Waals surface area contributed by atoms with Crippen LogP contribution in [0.3, 0.4) is 0 Å². The van der Waals surface area contributed by atoms with E-state index >= 15 is 0 Å². The van der Waals surface area contributed by atoms with Gasteiger partial charge in [-0.15, -0.1) is 10.2 Å². The molecule has 4 nitrogen and oxygen atoms in total. The van der Waals surface area contributed by atoms with Crippen LogP contribution < -0.4 is 5.32 Å². The predicted octanol–water partition coefficient (Wildman–Crippen LogP) is 6.26. The number of halogens is 3. The zero-order valence-electron chi connectivity index (χ0n) is 15.9. The first kappa shape index (κ1) is 19.9. The lowest BCUT2D eigenvalue weighted by atomic mass is 9.91. The smallest absolute Gasteiger partial charge is 0.413 e. The molecule has 0 bridgehead atoms. The van der Waals surface area contributed by atoms with E-state index in [0.717, 1.165) is 17.7 Å². The summed E-state index contributed by atoms with van der Waals surface area (Å²) in [7, 11) is 0. The molecule has 2 atom stereocenters. The lowest BCUT2D eigenvalue weighted by Gasteiger charge is -2.26. The Morgan fingerprint density at radius 1 is 1.00 bits per heavy atom. The highest BCUT2D eigenvalue weighted by Gasteiger charge is 2.38. The summed E-state index contributed by atoms with van der Waals surface area (Å²) >= 11 is 0. The van der Waals surface area contributed by atoms with E-state index in [1.165, 1.54) is 5.56 Å². The lowest BCUT2D eigenvalue weighted by molar-refractivity contribution is -0.156. The third-order valence-corrected chi connectivity index (χ3v) is 4.77. The van der Waals surface area contributed by atoms with Gasteiger partial charge < -0.3 is 9.73 Å². The van der Waals surface area contributed by atoms with Gasteiger partial charge in [-0.3, -0.25) is 0 Å². The maximum atomic E-state index is 12.6. The molecule has 0 saturated carbocycles. The molecule has 28 heavy (non-hydrogen) atoms. The second-order valence-electron chi connectivity index (χ2n) is 6.91. The van der Waals surface area contributed by atoms with Crippen LogP contribution in [-0.2, 0) is 6.18 Å². The fraction of sp³-hybridized carbons (Fsp3) is 0.333. The monoisotopic (exact) mass is 389 g/mol. The summed E-state index contributed by atoms with van der Waals surface area (Å²) in [5.74, 6) is -1.14. The van der Waals surface area contributed by atoms with Gasteiger partial charge in [0, 0.05) is 11.3 Å². The van der Waals surface area contributed by atoms with Gasteiger partial charge in [0.25, 0.3) is 0 Å². The van der Waals surface area contributed by atoms with Crippen LogP contribution in [0.25, 0.3) is 11.5 Å². The number of alkyl halides is 3. The lowest BCUT2D eigenvalue weighted by Crippen LogP contribution is -2.18. The minimum Gasteiger partial charge on any atom is -0.413 e. The van der Waals surface area contributed by atoms with Crippen LogP contribution in [0, 0.1) is 12.8 Å². The maximum absolute atomic E-state index is 12.6. The van der Waals surface area contributed by atoms with Gasteiger partial charge in [0.1, 0.15) is 0 Å². The number of hydrogen-bond donors (Lipinski definition) is 1. The van der Waals surface area contributed by atoms with Crippen molar-refractivity contribution in [1.29, 1.82) is 0 Å². The van der Waals surface area contributed by atoms with Crippen molar-refractivity contribution in [3.8, 4) is 11.5 Å². The third-order valence-electron chi connectivity index (χ3n) is 4.77. The Hall–Kier alpha value is -2.83. The average Bonchev–Trinajstić information content (AvgIpc) is 3.18. The summed E-state index contributed by atoms with van der Waals surface area (Å²) < 4.78 is 42.7. The molecule has 3 rings (SSSR count). The first-order valence-corrected chi connectivity index (χ1v) is 9.12. The van der Waals surface area contributed by atoms with Crippen molar-refractivity contribution in [3.05, 3.63) is 65.5 Å². The van der Waals surface area contributed by atoms with Crippen LogP contribution in [0.15, 0.2) is 52.9 Å². The summed E-state index contributed by atoms with van der Waals surface area (Å²) in [4.78, 5) is 0. The van der Waals surface area contributed by atoms with Gasteiger partial charge in [0.05, 0.1) is 6.04 Å². The summed E-state index contributed by atoms with van der Waals surface area (Å²) in [5.41, 5.74) is 3.69. The van der Waals surface area contributed by atoms with Crippen LogP contribution in [-0.4, -0.2) is 10.2 Å². The van der Waals surface area contributed by atoms with Gasteiger partial charge in [-0.05, 0) is 42.7 Å². The van der Waals surface area contributed by atoms with Crippen LogP contribution in [0.5, 0.6) is 0 Å². The van der Waals surface area contributed by atoms with E-state index in [0.29, 0.717) is 11.5 Å². The molecule has 0 radical (unpaired) electrons. The molecular weight excluding hydrogens is 367 g/mol. The quantitative estimate of drug-likeness (QED) is 0.540. The van der Waals surface area contributed by atoms with Gasteiger partial charge in [-0.25, -0.2) is 0 Å². The largest absolute Gasteiger partial charge is 0.470 e. The van der Waals surface area contributed by atoms with Gasteiger partial charge in [-0.2, -0.15) is 13.2 Å². The second kappa shape index (κ2) is 8.04. The van der Waals surface area contributed by atoms with Crippen molar-refractivity contribution >= 4 is 5.69 Å². The molecule has 148 valence electrons. The van der Waals surface area contributed by atoms with Gasteiger partial charge in [-0.1, -0.05) is 50.1 Å². The van der Waals surface area contributed by atoms with Crippen LogP contribution in [0.2, 0.25) is 0 Å². The second-order valence-corrected chi connectivity index (χ2v) is 6.91. The van der Waals surface area contributed by atoms with Crippen molar-refractivity contribution in [1.82, 2.24) is 10.2 Å². The van der Waals surface area contributed by atoms with Crippen molar-refractivity contribution in [3.63, 3.8) is 0 Å². The standard InChI is InChI=1S/C21H22F3N3O/c1-4-14(3)18(25-17-11-5-13(2)6-12-17)15-7-9-16(10-8-15)19-26-27-20(28-19)21(22,23)24/h5-12,14,18,25H,4H2,1-3H3. The van der Waals surface area contributed by atoms with E-state index in [1.54, 1.807) is 12.1 Å². The molecule has 0 aliphatic rings. The van der Waals surface area contributed by atoms with E-state index in [-0.39, 0.29) is 11.9 Å². The number of rotatable bonds is 6. The molecule has 1 N–H and O–H groups in total. The molecular formula is C21H22F3N3O. The van der Waals surface area contributed by atoms with E-state index < -0.39 is 12.1 Å². The molecule has 0 spiro atoms. The minimum atomic E-state index is -4.65. The number of anilines is 1. The topological polar surface area (TPSA) is 51.0 Å². The summed E-state index contributed by atoms with van der Waals surface area (Å²) in [6.07, 6.45) is -3.67. The van der Waals surface area contributed by atoms with Crippen molar-refractivity contribution < 1.29 is 17.6 Å². The number of aromatic nitrogens is 2. The normalized spacial score (nSPS) is 13.9. The Bertz CT molecular complexity index is 902. The first-order chi connectivity index (χ1) is 13.3. The molecule has 1 heterocycles. The molecule has 2 unspecified atom stereocenters. The van der Waals surface area contributed by atoms with Crippen LogP contribution in [0.1, 0.15) is 43.3 Å². The van der Waals surface area contributed by atoms with Gasteiger partial charge >= 0.3 is 12.1 Å². The van der Waals surface area contributed by atoms with Crippen molar-refractivity contribution in [2.24, 2.45) is 5.92 Å². The fourth-order valence-electron chi connectivity index (χ4n) is 2.91. The summed E-state index contributed by atoms with van der Waals surface area (Å²) in [5, 5.41) is 10.1. The minimum absolute atomic E-state index is 0.0650. The molecule has 0 aliphatic carbocycles. The molecule has 0 aliphatic heterocycles. The highest BCUT2D eigenvalue weighted by Crippen LogP contribution is 2.32. The number of nitrogens with one attached hydrogen (secondary N) is 1. The van der Waals surface area contributed by atoms with E-state index in [1.807, 2.05) is 43.3 Å². The molecule has 1 aromatic heterocycles. The van der Waals surface area contributed by atoms with E-state index in [2.05, 4.69) is 29.4 Å². The molecule has 0 amide bonds. The van der Waals surface area contributed by atoms with Crippen LogP contribution in [0.4, 0.5) is 18.9 Å². The first-order valence-electron chi connectivity index (χ1n) is 9.12. The number of benzene rings is 2. The zero-order chi connectivity index (χ0) is 20.3. The molecule has 2 aromatic carbocycles. The molecule has 3 aromatic rings. The van der Waals surface area contributed by atoms with Crippen molar-refractivity contribution in [2.75, 3.05) is 5.32 Å². The highest BCUT2D eigenvalue weighted by molar-refractivity contribution is 5.54. The Labute approximate surface area is 161 Å². The van der Waals surface area contributed by atoms with Crippen molar-refractivity contribution in [2.45, 2.75) is 39.4 Å². The number of nitrogens with zero attached hydrogens (tertiary/aromatic N) is 2. The Morgan fingerprint density at radius 2 is 1.64 bits per heavy atom. The van der Waals surface area contributed by atoms with Gasteiger partial charge in [0.2, 0.25) is 5.89 Å². The number of aryl methyl sites for hydroxylation is 1. The molecule has 0 fully saturated rings. The Kier molecular flexibility index (Phi) is 5.72. The Balaban J connectivity index is 1.83. The summed E-state index contributed by atoms with van der Waals surface area (Å²) in [6.45, 7) is 6.32. The fourth-order valence-corrected chi connectivity index (χ4v) is 2.91. The maximum Gasteiger partial charge on any atom is 0.470 e. The summed E-state index contributed by atoms with van der Waals surface area (Å²) in [6, 6.07) is 15.4. The van der Waals surface area contributed by atoms with Crippen LogP contribution >= 0.6 is 0 Å². The molecule has 7 heteroatoms. The zero-order valence-corrected chi connectivity index (χ0v) is 15.9. The van der Waals surface area contributed by atoms with E-state index in [9.17, 15) is 13.2 Å². The molecule has 0 saturated heterocycles. The highest BCUT2D eigenvalue weighted by atomic mass is 19.4. The predicted molar refractivity (Wildman–Crippen MR) is 102 cm³/mol. The third kappa shape index (κ3) is 4.52.